The molecule has 0 radical (unpaired) electrons. The van der Waals surface area contributed by atoms with Crippen molar-refractivity contribution in [1.29, 1.82) is 0 Å². The molecule has 0 unspecified atom stereocenters. The molecule has 3 aromatic rings. The number of carbonyl (C=O) groups is 2. The molecule has 13 heteroatoms. The topological polar surface area (TPSA) is 118 Å². The molecule has 2 fully saturated rings. The molecule has 2 aliphatic rings. The number of aryl methyl sites for hydroxylation is 1. The maximum Gasteiger partial charge on any atom is 0.393 e. The Hall–Kier alpha value is -3.48. The van der Waals surface area contributed by atoms with Crippen LogP contribution in [0.2, 0.25) is 0 Å². The lowest BCUT2D eigenvalue weighted by Gasteiger charge is -2.32. The van der Waals surface area contributed by atoms with Crippen molar-refractivity contribution in [2.24, 2.45) is 18.9 Å². The van der Waals surface area contributed by atoms with Crippen LogP contribution in [0.25, 0.3) is 5.65 Å². The van der Waals surface area contributed by atoms with E-state index in [9.17, 15) is 22.8 Å². The van der Waals surface area contributed by atoms with E-state index in [1.807, 2.05) is 0 Å². The Balaban J connectivity index is 1.31. The van der Waals surface area contributed by atoms with Crippen LogP contribution in [0.4, 0.5) is 13.2 Å². The third-order valence-electron chi connectivity index (χ3n) is 7.80. The van der Waals surface area contributed by atoms with Crippen molar-refractivity contribution in [1.82, 2.24) is 40.3 Å². The summed E-state index contributed by atoms with van der Waals surface area (Å²) >= 11 is 0. The van der Waals surface area contributed by atoms with Crippen LogP contribution in [0, 0.1) is 11.8 Å². The van der Waals surface area contributed by atoms with Crippen LogP contribution in [0.1, 0.15) is 72.7 Å². The van der Waals surface area contributed by atoms with E-state index < -0.39 is 24.0 Å². The number of aromatic nitrogens is 5. The number of hydrogen-bond acceptors (Lipinski definition) is 6. The summed E-state index contributed by atoms with van der Waals surface area (Å²) in [5.41, 5.74) is 2.28. The zero-order valence-corrected chi connectivity index (χ0v) is 21.7. The van der Waals surface area contributed by atoms with E-state index in [2.05, 4.69) is 26.1 Å². The first-order valence-electron chi connectivity index (χ1n) is 13.4. The molecule has 3 N–H and O–H groups in total. The zero-order chi connectivity index (χ0) is 27.6. The molecule has 0 bridgehead atoms. The molecule has 3 aromatic heterocycles. The molecule has 1 aliphatic carbocycles. The summed E-state index contributed by atoms with van der Waals surface area (Å²) in [5.74, 6) is -2.40. The van der Waals surface area contributed by atoms with Gasteiger partial charge in [-0.25, -0.2) is 9.50 Å². The number of nitrogens with one attached hydrogen (secondary N) is 3. The number of carbonyl (C=O) groups excluding carboxylic acids is 2. The third-order valence-corrected chi connectivity index (χ3v) is 7.80. The second kappa shape index (κ2) is 11.3. The number of rotatable bonds is 7. The molecular weight excluding hydrogens is 513 g/mol. The number of hydrogen-bond donors (Lipinski definition) is 3. The summed E-state index contributed by atoms with van der Waals surface area (Å²) in [4.78, 5) is 30.4. The van der Waals surface area contributed by atoms with E-state index in [-0.39, 0.29) is 30.8 Å². The van der Waals surface area contributed by atoms with Crippen molar-refractivity contribution in [2.45, 2.75) is 69.8 Å². The quantitative estimate of drug-likeness (QED) is 0.419. The number of halogens is 3. The summed E-state index contributed by atoms with van der Waals surface area (Å²) < 4.78 is 43.3. The first kappa shape index (κ1) is 27.1. The molecule has 210 valence electrons. The van der Waals surface area contributed by atoms with Crippen molar-refractivity contribution in [3.8, 4) is 0 Å². The van der Waals surface area contributed by atoms with E-state index in [4.69, 9.17) is 4.98 Å². The maximum absolute atomic E-state index is 13.4. The molecule has 3 atom stereocenters. The van der Waals surface area contributed by atoms with Gasteiger partial charge in [-0.05, 0) is 55.8 Å². The fourth-order valence-corrected chi connectivity index (χ4v) is 5.71. The highest BCUT2D eigenvalue weighted by Gasteiger charge is 2.48. The Morgan fingerprint density at radius 1 is 1.15 bits per heavy atom. The summed E-state index contributed by atoms with van der Waals surface area (Å²) in [5, 5.41) is 17.0. The Kier molecular flexibility index (Phi) is 7.87. The molecule has 0 spiro atoms. The largest absolute Gasteiger partial charge is 0.393 e. The minimum atomic E-state index is -4.44. The summed E-state index contributed by atoms with van der Waals surface area (Å²) in [7, 11) is 1.72. The van der Waals surface area contributed by atoms with Gasteiger partial charge >= 0.3 is 6.18 Å². The van der Waals surface area contributed by atoms with Gasteiger partial charge in [-0.15, -0.1) is 0 Å². The van der Waals surface area contributed by atoms with E-state index in [1.54, 1.807) is 42.3 Å². The smallest absolute Gasteiger partial charge is 0.351 e. The lowest BCUT2D eigenvalue weighted by molar-refractivity contribution is -0.190. The Morgan fingerprint density at radius 3 is 2.67 bits per heavy atom. The molecule has 1 saturated heterocycles. The second-order valence-electron chi connectivity index (χ2n) is 10.5. The normalized spacial score (nSPS) is 21.5. The summed E-state index contributed by atoms with van der Waals surface area (Å²) in [6.07, 6.45) is 6.08. The molecule has 0 aromatic carbocycles. The van der Waals surface area contributed by atoms with Crippen LogP contribution < -0.4 is 16.0 Å². The van der Waals surface area contributed by atoms with Crippen LogP contribution in [-0.4, -0.2) is 55.0 Å². The van der Waals surface area contributed by atoms with Gasteiger partial charge in [0.15, 0.2) is 5.65 Å². The van der Waals surface area contributed by atoms with Gasteiger partial charge in [0.25, 0.3) is 5.91 Å². The summed E-state index contributed by atoms with van der Waals surface area (Å²) in [6.45, 7) is 0.394. The van der Waals surface area contributed by atoms with Crippen LogP contribution in [0.15, 0.2) is 30.7 Å². The fraction of sp³-hybridized carbons (Fsp3) is 0.577. The van der Waals surface area contributed by atoms with Gasteiger partial charge < -0.3 is 16.0 Å². The van der Waals surface area contributed by atoms with Crippen molar-refractivity contribution >= 4 is 17.5 Å². The van der Waals surface area contributed by atoms with Crippen LogP contribution in [-0.2, 0) is 18.4 Å². The van der Waals surface area contributed by atoms with Gasteiger partial charge in [0.1, 0.15) is 5.69 Å². The Bertz CT molecular complexity index is 1310. The standard InChI is InChI=1S/C26H33F3N8O2/c1-36-20(9-11-32-36)24(38)35-22(17-6-3-2-4-7-17)19-15-37-21(34-19)12-16(14-33-37)13-31-25(39)23-18(26(27,28)29)8-5-10-30-23/h9,11-12,14-15,17-18,22-23,30H,2-8,10,13H2,1H3,(H,31,39)(H,35,38)/t18-,22+,23-/m1/s1. The van der Waals surface area contributed by atoms with Crippen molar-refractivity contribution in [3.05, 3.63) is 47.7 Å². The Labute approximate surface area is 223 Å². The van der Waals surface area contributed by atoms with E-state index in [1.165, 1.54) is 11.1 Å². The number of nitrogens with zero attached hydrogens (tertiary/aromatic N) is 5. The molecule has 39 heavy (non-hydrogen) atoms. The fourth-order valence-electron chi connectivity index (χ4n) is 5.71. The minimum Gasteiger partial charge on any atom is -0.351 e. The third kappa shape index (κ3) is 6.07. The molecule has 5 rings (SSSR count). The molecule has 1 saturated carbocycles. The highest BCUT2D eigenvalue weighted by molar-refractivity contribution is 5.92. The average Bonchev–Trinajstić information content (AvgIpc) is 3.56. The van der Waals surface area contributed by atoms with Gasteiger partial charge in [-0.3, -0.25) is 14.3 Å². The van der Waals surface area contributed by atoms with Crippen molar-refractivity contribution < 1.29 is 22.8 Å². The Morgan fingerprint density at radius 2 is 1.95 bits per heavy atom. The SMILES string of the molecule is Cn1nccc1C(=O)N[C@H](c1cn2ncc(CNC(=O)[C@@H]3NCCC[C@H]3C(F)(F)F)cc2n1)C1CCCCC1. The van der Waals surface area contributed by atoms with Crippen LogP contribution >= 0.6 is 0 Å². The number of piperidine rings is 1. The lowest BCUT2D eigenvalue weighted by Crippen LogP contribution is -2.55. The molecular formula is C26H33F3N8O2. The van der Waals surface area contributed by atoms with Crippen LogP contribution in [0.3, 0.4) is 0 Å². The van der Waals surface area contributed by atoms with Gasteiger partial charge in [-0.2, -0.15) is 23.4 Å². The predicted molar refractivity (Wildman–Crippen MR) is 135 cm³/mol. The molecule has 1 aliphatic heterocycles. The monoisotopic (exact) mass is 546 g/mol. The molecule has 4 heterocycles. The van der Waals surface area contributed by atoms with Crippen molar-refractivity contribution in [2.75, 3.05) is 6.54 Å². The van der Waals surface area contributed by atoms with E-state index in [0.717, 1.165) is 25.7 Å². The van der Waals surface area contributed by atoms with Gasteiger partial charge in [-0.1, -0.05) is 19.3 Å². The number of imidazole rings is 1. The highest BCUT2D eigenvalue weighted by Crippen LogP contribution is 2.35. The average molecular weight is 547 g/mol. The van der Waals surface area contributed by atoms with E-state index >= 15 is 0 Å². The maximum atomic E-state index is 13.4. The summed E-state index contributed by atoms with van der Waals surface area (Å²) in [6, 6.07) is 1.79. The van der Waals surface area contributed by atoms with Gasteiger partial charge in [0.05, 0.1) is 36.1 Å². The minimum absolute atomic E-state index is 0.0244. The van der Waals surface area contributed by atoms with Crippen LogP contribution in [0.5, 0.6) is 0 Å². The number of fused-ring (bicyclic) bond motifs is 1. The molecule has 10 nitrogen and oxygen atoms in total. The van der Waals surface area contributed by atoms with E-state index in [0.29, 0.717) is 35.6 Å². The highest BCUT2D eigenvalue weighted by atomic mass is 19.4. The van der Waals surface area contributed by atoms with Crippen molar-refractivity contribution in [3.63, 3.8) is 0 Å². The zero-order valence-electron chi connectivity index (χ0n) is 21.7. The number of alkyl halides is 3. The lowest BCUT2D eigenvalue weighted by atomic mass is 9.82. The number of amides is 2. The van der Waals surface area contributed by atoms with Gasteiger partial charge in [0, 0.05) is 19.8 Å². The van der Waals surface area contributed by atoms with Gasteiger partial charge in [0.2, 0.25) is 5.91 Å². The second-order valence-corrected chi connectivity index (χ2v) is 10.5. The predicted octanol–water partition coefficient (Wildman–Crippen LogP) is 3.06. The first-order valence-corrected chi connectivity index (χ1v) is 13.4. The molecule has 2 amide bonds. The first-order chi connectivity index (χ1) is 18.7.